The van der Waals surface area contributed by atoms with E-state index < -0.39 is 0 Å². The molecule has 9 rings (SSSR count). The number of rotatable bonds is 4. The van der Waals surface area contributed by atoms with Gasteiger partial charge in [-0.2, -0.15) is 0 Å². The normalized spacial score (nSPS) is 11.6. The number of furan rings is 1. The average Bonchev–Trinajstić information content (AvgIpc) is 3.67. The minimum atomic E-state index is 0.258. The molecular weight excluding hydrogens is 605 g/mol. The Morgan fingerprint density at radius 3 is 1.84 bits per heavy atom. The second kappa shape index (κ2) is 10.1. The smallest absolute Gasteiger partial charge is 0.0615 e. The molecule has 0 spiro atoms. The molecule has 0 aliphatic carbocycles. The molecule has 0 unspecified atom stereocenters. The van der Waals surface area contributed by atoms with Crippen LogP contribution in [0.5, 0.6) is 0 Å². The van der Waals surface area contributed by atoms with Crippen molar-refractivity contribution in [1.82, 2.24) is 15.0 Å². The Bertz CT molecular complexity index is 2440. The molecule has 0 radical (unpaired) electrons. The van der Waals surface area contributed by atoms with E-state index in [0.717, 1.165) is 38.6 Å². The number of aromatic nitrogens is 3. The van der Waals surface area contributed by atoms with Crippen LogP contribution < -0.4 is 0 Å². The van der Waals surface area contributed by atoms with Crippen LogP contribution in [-0.2, 0) is 0 Å². The summed E-state index contributed by atoms with van der Waals surface area (Å²) in [7, 11) is 0. The summed E-state index contributed by atoms with van der Waals surface area (Å²) in [4.78, 5) is 14.9. The van der Waals surface area contributed by atoms with Crippen LogP contribution in [-0.4, -0.2) is 29.5 Å². The monoisotopic (exact) mass is 629 g/mol. The first-order chi connectivity index (χ1) is 21.8. The predicted molar refractivity (Wildman–Crippen MR) is 181 cm³/mol. The number of nitrogens with zero attached hydrogens (tertiary/aromatic N) is 3. The first-order valence-electron chi connectivity index (χ1n) is 14.5. The molecule has 0 saturated heterocycles. The molecule has 6 aromatic carbocycles. The van der Waals surface area contributed by atoms with Gasteiger partial charge in [-0.15, -0.1) is 0 Å². The fourth-order valence-corrected chi connectivity index (χ4v) is 8.68. The molecule has 0 atom stereocenters. The van der Waals surface area contributed by atoms with E-state index in [9.17, 15) is 0 Å². The van der Waals surface area contributed by atoms with Crippen molar-refractivity contribution >= 4 is 55.7 Å². The summed E-state index contributed by atoms with van der Waals surface area (Å²) in [5.41, 5.74) is 6.94. The van der Waals surface area contributed by atoms with E-state index in [4.69, 9.17) is 19.4 Å². The van der Waals surface area contributed by atoms with Crippen LogP contribution in [0.3, 0.4) is 0 Å². The third-order valence-corrected chi connectivity index (χ3v) is 10.7. The van der Waals surface area contributed by atoms with Crippen LogP contribution in [0.4, 0.5) is 0 Å². The van der Waals surface area contributed by atoms with E-state index in [1.54, 1.807) is 0 Å². The molecule has 3 aromatic heterocycles. The number of benzene rings is 6. The first kappa shape index (κ1) is 25.2. The van der Waals surface area contributed by atoms with E-state index in [1.165, 1.54) is 30.4 Å². The van der Waals surface area contributed by atoms with E-state index in [-0.39, 0.29) is 14.5 Å². The van der Waals surface area contributed by atoms with Gasteiger partial charge >= 0.3 is 224 Å². The van der Waals surface area contributed by atoms with Crippen LogP contribution in [0.1, 0.15) is 0 Å². The summed E-state index contributed by atoms with van der Waals surface area (Å²) < 4.78 is 9.29. The third-order valence-electron chi connectivity index (χ3n) is 8.15. The standard InChI is InChI=1S/C39H23N3OSe/c1-3-11-24(12-4-1)37-40-38(25-13-5-2-6-14-25)42-39(41-37)30-18-10-19-33-35(30)31-23-26(21-22-32(31)43-33)27-16-9-17-29-28-15-7-8-20-34(28)44-36(27)29/h1-23H. The van der Waals surface area contributed by atoms with Crippen LogP contribution in [0.2, 0.25) is 0 Å². The van der Waals surface area contributed by atoms with Crippen LogP contribution in [0.15, 0.2) is 144 Å². The molecule has 4 nitrogen and oxygen atoms in total. The molecule has 0 amide bonds. The van der Waals surface area contributed by atoms with Gasteiger partial charge in [0.05, 0.1) is 0 Å². The van der Waals surface area contributed by atoms with Gasteiger partial charge in [-0.25, -0.2) is 0 Å². The maximum atomic E-state index is 6.41. The van der Waals surface area contributed by atoms with Crippen molar-refractivity contribution in [2.24, 2.45) is 0 Å². The molecule has 5 heteroatoms. The van der Waals surface area contributed by atoms with Crippen molar-refractivity contribution in [3.8, 4) is 45.3 Å². The van der Waals surface area contributed by atoms with Gasteiger partial charge in [-0.3, -0.25) is 0 Å². The van der Waals surface area contributed by atoms with Crippen molar-refractivity contribution in [3.05, 3.63) is 140 Å². The van der Waals surface area contributed by atoms with Gasteiger partial charge in [0.15, 0.2) is 0 Å². The molecule has 0 saturated carbocycles. The molecular formula is C39H23N3OSe. The maximum absolute atomic E-state index is 6.41. The molecule has 0 aliphatic rings. The summed E-state index contributed by atoms with van der Waals surface area (Å²) in [5.74, 6) is 1.90. The molecule has 3 heterocycles. The van der Waals surface area contributed by atoms with Crippen molar-refractivity contribution in [2.45, 2.75) is 0 Å². The summed E-state index contributed by atoms with van der Waals surface area (Å²) in [6, 6.07) is 48.3. The van der Waals surface area contributed by atoms with Crippen LogP contribution in [0.25, 0.3) is 86.5 Å². The summed E-state index contributed by atoms with van der Waals surface area (Å²) in [5, 5.41) is 4.77. The topological polar surface area (TPSA) is 51.8 Å². The molecule has 0 bridgehead atoms. The fourth-order valence-electron chi connectivity index (χ4n) is 6.08. The number of fused-ring (bicyclic) bond motifs is 6. The Morgan fingerprint density at radius 1 is 0.432 bits per heavy atom. The van der Waals surface area contributed by atoms with Gasteiger partial charge in [-0.05, 0) is 0 Å². The Kier molecular flexibility index (Phi) is 5.80. The summed E-state index contributed by atoms with van der Waals surface area (Å²) in [6.07, 6.45) is 0. The molecule has 0 fully saturated rings. The Hall–Kier alpha value is -5.35. The summed E-state index contributed by atoms with van der Waals surface area (Å²) in [6.45, 7) is 0. The van der Waals surface area contributed by atoms with E-state index in [2.05, 4.69) is 66.7 Å². The van der Waals surface area contributed by atoms with Crippen LogP contribution in [0, 0.1) is 0 Å². The number of hydrogen-bond donors (Lipinski definition) is 0. The van der Waals surface area contributed by atoms with Gasteiger partial charge in [0.25, 0.3) is 0 Å². The zero-order valence-corrected chi connectivity index (χ0v) is 25.2. The fraction of sp³-hybridized carbons (Fsp3) is 0. The number of hydrogen-bond acceptors (Lipinski definition) is 4. The third kappa shape index (κ3) is 4.10. The van der Waals surface area contributed by atoms with Crippen molar-refractivity contribution in [2.75, 3.05) is 0 Å². The SMILES string of the molecule is c1ccc(-c2nc(-c3ccccc3)nc(-c3cccc4oc5ccc(-c6cccc7c6[se]c6ccccc67)cc5c34)n2)cc1. The van der Waals surface area contributed by atoms with Crippen molar-refractivity contribution < 1.29 is 4.42 Å². The first-order valence-corrected chi connectivity index (χ1v) is 16.2. The predicted octanol–water partition coefficient (Wildman–Crippen LogP) is 9.80. The van der Waals surface area contributed by atoms with E-state index in [0.29, 0.717) is 17.5 Å². The molecule has 0 aliphatic heterocycles. The average molecular weight is 629 g/mol. The van der Waals surface area contributed by atoms with Gasteiger partial charge in [0.2, 0.25) is 0 Å². The zero-order chi connectivity index (χ0) is 29.0. The molecule has 9 aromatic rings. The van der Waals surface area contributed by atoms with Gasteiger partial charge in [0.1, 0.15) is 0 Å². The van der Waals surface area contributed by atoms with Crippen molar-refractivity contribution in [1.29, 1.82) is 0 Å². The van der Waals surface area contributed by atoms with Gasteiger partial charge in [-0.1, -0.05) is 36.4 Å². The molecule has 206 valence electrons. The van der Waals surface area contributed by atoms with Gasteiger partial charge < -0.3 is 0 Å². The van der Waals surface area contributed by atoms with Crippen LogP contribution >= 0.6 is 0 Å². The van der Waals surface area contributed by atoms with E-state index in [1.807, 2.05) is 72.8 Å². The Labute approximate surface area is 259 Å². The minimum absolute atomic E-state index is 0.258. The van der Waals surface area contributed by atoms with E-state index >= 15 is 0 Å². The van der Waals surface area contributed by atoms with Crippen molar-refractivity contribution in [3.63, 3.8) is 0 Å². The second-order valence-electron chi connectivity index (χ2n) is 10.8. The molecule has 44 heavy (non-hydrogen) atoms. The second-order valence-corrected chi connectivity index (χ2v) is 13.0. The quantitative estimate of drug-likeness (QED) is 0.182. The Balaban J connectivity index is 1.28. The molecule has 0 N–H and O–H groups in total. The zero-order valence-electron chi connectivity index (χ0n) is 23.4. The van der Waals surface area contributed by atoms with Gasteiger partial charge in [0, 0.05) is 0 Å². The minimum Gasteiger partial charge on any atom is -0.0615 e. The summed E-state index contributed by atoms with van der Waals surface area (Å²) >= 11 is 0.258. The Morgan fingerprint density at radius 2 is 1.07 bits per heavy atom.